The molecular weight excluding hydrogens is 170 g/mol. The largest absolute Gasteiger partial charge is 0.311 e. The van der Waals surface area contributed by atoms with Crippen LogP contribution in [0.5, 0.6) is 0 Å². The van der Waals surface area contributed by atoms with Crippen molar-refractivity contribution in [2.45, 2.75) is 71.3 Å². The third-order valence-corrected chi connectivity index (χ3v) is 3.71. The van der Waals surface area contributed by atoms with Gasteiger partial charge in [0.05, 0.1) is 0 Å². The Morgan fingerprint density at radius 2 is 1.79 bits per heavy atom. The van der Waals surface area contributed by atoms with Crippen molar-refractivity contribution in [3.63, 3.8) is 0 Å². The molecule has 1 nitrogen and oxygen atoms in total. The van der Waals surface area contributed by atoms with Gasteiger partial charge >= 0.3 is 0 Å². The van der Waals surface area contributed by atoms with E-state index in [4.69, 9.17) is 0 Å². The molecule has 0 aromatic rings. The Balaban J connectivity index is 2.29. The van der Waals surface area contributed by atoms with E-state index in [9.17, 15) is 0 Å². The Labute approximate surface area is 89.7 Å². The lowest BCUT2D eigenvalue weighted by molar-refractivity contribution is 0.220. The molecule has 0 aromatic carbocycles. The molecule has 0 spiro atoms. The minimum Gasteiger partial charge on any atom is -0.311 e. The highest BCUT2D eigenvalue weighted by Gasteiger charge is 2.28. The van der Waals surface area contributed by atoms with Crippen molar-refractivity contribution in [3.05, 3.63) is 0 Å². The Bertz CT molecular complexity index is 145. The number of rotatable bonds is 5. The fourth-order valence-electron chi connectivity index (χ4n) is 2.51. The SMILES string of the molecule is CCC1(NCCC(C)C)CCCCC1. The first-order chi connectivity index (χ1) is 6.68. The Kier molecular flexibility index (Phi) is 4.94. The summed E-state index contributed by atoms with van der Waals surface area (Å²) in [5.41, 5.74) is 0.507. The van der Waals surface area contributed by atoms with Crippen LogP contribution in [0, 0.1) is 5.92 Å². The van der Waals surface area contributed by atoms with Crippen LogP contribution >= 0.6 is 0 Å². The summed E-state index contributed by atoms with van der Waals surface area (Å²) in [5.74, 6) is 0.833. The topological polar surface area (TPSA) is 12.0 Å². The first-order valence-electron chi connectivity index (χ1n) is 6.43. The van der Waals surface area contributed by atoms with Gasteiger partial charge in [-0.25, -0.2) is 0 Å². The molecule has 0 amide bonds. The zero-order chi connectivity index (χ0) is 10.4. The molecule has 0 aliphatic heterocycles. The maximum Gasteiger partial charge on any atom is 0.0178 e. The summed E-state index contributed by atoms with van der Waals surface area (Å²) in [6, 6.07) is 0. The molecule has 0 unspecified atom stereocenters. The van der Waals surface area contributed by atoms with Gasteiger partial charge in [-0.2, -0.15) is 0 Å². The average molecular weight is 197 g/mol. The predicted molar refractivity (Wildman–Crippen MR) is 63.6 cm³/mol. The summed E-state index contributed by atoms with van der Waals surface area (Å²) >= 11 is 0. The minimum atomic E-state index is 0.507. The number of hydrogen-bond donors (Lipinski definition) is 1. The van der Waals surface area contributed by atoms with Crippen molar-refractivity contribution in [2.24, 2.45) is 5.92 Å². The minimum absolute atomic E-state index is 0.507. The van der Waals surface area contributed by atoms with Gasteiger partial charge in [0.15, 0.2) is 0 Å². The van der Waals surface area contributed by atoms with Crippen LogP contribution in [-0.2, 0) is 0 Å². The van der Waals surface area contributed by atoms with Crippen LogP contribution in [0.1, 0.15) is 65.7 Å². The quantitative estimate of drug-likeness (QED) is 0.708. The molecule has 0 saturated heterocycles. The van der Waals surface area contributed by atoms with E-state index in [0.717, 1.165) is 5.92 Å². The fraction of sp³-hybridized carbons (Fsp3) is 1.00. The van der Waals surface area contributed by atoms with Gasteiger partial charge in [0.2, 0.25) is 0 Å². The van der Waals surface area contributed by atoms with Crippen molar-refractivity contribution in [1.29, 1.82) is 0 Å². The average Bonchev–Trinajstić information content (AvgIpc) is 2.19. The van der Waals surface area contributed by atoms with Gasteiger partial charge in [-0.3, -0.25) is 0 Å². The normalized spacial score (nSPS) is 21.4. The highest BCUT2D eigenvalue weighted by Crippen LogP contribution is 2.30. The summed E-state index contributed by atoms with van der Waals surface area (Å²) in [4.78, 5) is 0. The van der Waals surface area contributed by atoms with E-state index in [2.05, 4.69) is 26.1 Å². The van der Waals surface area contributed by atoms with Crippen molar-refractivity contribution >= 4 is 0 Å². The molecule has 1 aliphatic carbocycles. The monoisotopic (exact) mass is 197 g/mol. The maximum atomic E-state index is 3.82. The summed E-state index contributed by atoms with van der Waals surface area (Å²) in [5, 5.41) is 3.82. The number of hydrogen-bond acceptors (Lipinski definition) is 1. The molecular formula is C13H27N. The van der Waals surface area contributed by atoms with Crippen LogP contribution in [0.3, 0.4) is 0 Å². The van der Waals surface area contributed by atoms with Gasteiger partial charge < -0.3 is 5.32 Å². The lowest BCUT2D eigenvalue weighted by atomic mass is 9.79. The summed E-state index contributed by atoms with van der Waals surface area (Å²) in [6.45, 7) is 8.17. The van der Waals surface area contributed by atoms with E-state index in [1.807, 2.05) is 0 Å². The van der Waals surface area contributed by atoms with E-state index in [1.165, 1.54) is 51.5 Å². The molecule has 0 heterocycles. The second kappa shape index (κ2) is 5.75. The van der Waals surface area contributed by atoms with Gasteiger partial charge in [-0.1, -0.05) is 40.0 Å². The second-order valence-corrected chi connectivity index (χ2v) is 5.30. The van der Waals surface area contributed by atoms with E-state index in [1.54, 1.807) is 0 Å². The second-order valence-electron chi connectivity index (χ2n) is 5.30. The van der Waals surface area contributed by atoms with Crippen molar-refractivity contribution < 1.29 is 0 Å². The Morgan fingerprint density at radius 1 is 1.14 bits per heavy atom. The molecule has 0 bridgehead atoms. The molecule has 0 aromatic heterocycles. The maximum absolute atomic E-state index is 3.82. The molecule has 1 N–H and O–H groups in total. The highest BCUT2D eigenvalue weighted by atomic mass is 15.0. The van der Waals surface area contributed by atoms with Crippen LogP contribution in [0.4, 0.5) is 0 Å². The van der Waals surface area contributed by atoms with Crippen molar-refractivity contribution in [2.75, 3.05) is 6.54 Å². The molecule has 1 fully saturated rings. The molecule has 0 atom stereocenters. The lowest BCUT2D eigenvalue weighted by Gasteiger charge is -2.38. The third-order valence-electron chi connectivity index (χ3n) is 3.71. The van der Waals surface area contributed by atoms with Crippen LogP contribution in [0.15, 0.2) is 0 Å². The Morgan fingerprint density at radius 3 is 2.29 bits per heavy atom. The summed E-state index contributed by atoms with van der Waals surface area (Å²) in [6.07, 6.45) is 9.76. The van der Waals surface area contributed by atoms with E-state index in [-0.39, 0.29) is 0 Å². The van der Waals surface area contributed by atoms with Crippen LogP contribution in [-0.4, -0.2) is 12.1 Å². The van der Waals surface area contributed by atoms with Gasteiger partial charge in [-0.05, 0) is 38.1 Å². The van der Waals surface area contributed by atoms with Gasteiger partial charge in [0.25, 0.3) is 0 Å². The highest BCUT2D eigenvalue weighted by molar-refractivity contribution is 4.89. The van der Waals surface area contributed by atoms with E-state index in [0.29, 0.717) is 5.54 Å². The zero-order valence-corrected chi connectivity index (χ0v) is 10.2. The standard InChI is InChI=1S/C13H27N/c1-4-13(9-6-5-7-10-13)14-11-8-12(2)3/h12,14H,4-11H2,1-3H3. The van der Waals surface area contributed by atoms with E-state index < -0.39 is 0 Å². The predicted octanol–water partition coefficient (Wildman–Crippen LogP) is 3.74. The fourth-order valence-corrected chi connectivity index (χ4v) is 2.51. The molecule has 14 heavy (non-hydrogen) atoms. The number of nitrogens with one attached hydrogen (secondary N) is 1. The van der Waals surface area contributed by atoms with E-state index >= 15 is 0 Å². The van der Waals surface area contributed by atoms with Crippen LogP contribution in [0.2, 0.25) is 0 Å². The molecule has 1 heteroatoms. The molecule has 1 rings (SSSR count). The molecule has 1 saturated carbocycles. The Hall–Kier alpha value is -0.0400. The summed E-state index contributed by atoms with van der Waals surface area (Å²) in [7, 11) is 0. The smallest absolute Gasteiger partial charge is 0.0178 e. The molecule has 1 aliphatic rings. The van der Waals surface area contributed by atoms with Crippen LogP contribution < -0.4 is 5.32 Å². The van der Waals surface area contributed by atoms with Gasteiger partial charge in [0.1, 0.15) is 0 Å². The van der Waals surface area contributed by atoms with Gasteiger partial charge in [0, 0.05) is 5.54 Å². The lowest BCUT2D eigenvalue weighted by Crippen LogP contribution is -2.46. The van der Waals surface area contributed by atoms with Crippen LogP contribution in [0.25, 0.3) is 0 Å². The molecule has 84 valence electrons. The van der Waals surface area contributed by atoms with Gasteiger partial charge in [-0.15, -0.1) is 0 Å². The first-order valence-corrected chi connectivity index (χ1v) is 6.43. The van der Waals surface area contributed by atoms with Crippen molar-refractivity contribution in [1.82, 2.24) is 5.32 Å². The summed E-state index contributed by atoms with van der Waals surface area (Å²) < 4.78 is 0. The van der Waals surface area contributed by atoms with Crippen molar-refractivity contribution in [3.8, 4) is 0 Å². The molecule has 0 radical (unpaired) electrons. The first kappa shape index (κ1) is 12.0. The third kappa shape index (κ3) is 3.61. The zero-order valence-electron chi connectivity index (χ0n) is 10.2.